The Morgan fingerprint density at radius 3 is 1.49 bits per heavy atom. The van der Waals surface area contributed by atoms with Crippen LogP contribution >= 0.6 is 0 Å². The fraction of sp³-hybridized carbons (Fsp3) is 0.818. The molecule has 4 atom stereocenters. The second-order valence-corrected chi connectivity index (χ2v) is 7.86. The van der Waals surface area contributed by atoms with Gasteiger partial charge in [-0.2, -0.15) is 0 Å². The molecular weight excluding hydrogens is 472 g/mol. The molecule has 2 aliphatic rings. The molecule has 0 amide bonds. The van der Waals surface area contributed by atoms with E-state index in [4.69, 9.17) is 42.6 Å². The van der Waals surface area contributed by atoms with E-state index in [0.717, 1.165) is 25.7 Å². The Hall–Kier alpha value is -2.64. The van der Waals surface area contributed by atoms with Crippen LogP contribution in [0.1, 0.15) is 39.5 Å². The SMILES string of the molecule is CC(OC(=O)OCCOCCOC(=O)OC(C)C(=O)OCC1CCCO1)C(=O)OCC1CCCO1. The maximum atomic E-state index is 11.8. The molecule has 2 rings (SSSR count). The third kappa shape index (κ3) is 12.1. The highest BCUT2D eigenvalue weighted by Gasteiger charge is 2.24. The first-order valence-electron chi connectivity index (χ1n) is 11.7. The van der Waals surface area contributed by atoms with Gasteiger partial charge in [-0.1, -0.05) is 0 Å². The van der Waals surface area contributed by atoms with Gasteiger partial charge >= 0.3 is 24.2 Å². The molecule has 2 aliphatic heterocycles. The van der Waals surface area contributed by atoms with Gasteiger partial charge in [-0.25, -0.2) is 19.2 Å². The van der Waals surface area contributed by atoms with Crippen LogP contribution in [0.3, 0.4) is 0 Å². The zero-order valence-corrected chi connectivity index (χ0v) is 20.1. The van der Waals surface area contributed by atoms with Crippen LogP contribution in [0.25, 0.3) is 0 Å². The molecule has 0 saturated carbocycles. The second-order valence-electron chi connectivity index (χ2n) is 7.86. The molecule has 13 nitrogen and oxygen atoms in total. The van der Waals surface area contributed by atoms with Gasteiger partial charge in [-0.05, 0) is 39.5 Å². The number of carbonyl (C=O) groups is 4. The molecule has 2 saturated heterocycles. The first kappa shape index (κ1) is 28.6. The zero-order valence-electron chi connectivity index (χ0n) is 20.1. The van der Waals surface area contributed by atoms with E-state index in [1.165, 1.54) is 13.8 Å². The number of hydrogen-bond donors (Lipinski definition) is 0. The van der Waals surface area contributed by atoms with Crippen molar-refractivity contribution >= 4 is 24.2 Å². The topological polar surface area (TPSA) is 151 Å². The van der Waals surface area contributed by atoms with E-state index in [2.05, 4.69) is 0 Å². The van der Waals surface area contributed by atoms with Gasteiger partial charge in [0.2, 0.25) is 0 Å². The molecule has 0 aromatic rings. The minimum Gasteiger partial charge on any atom is -0.460 e. The van der Waals surface area contributed by atoms with Gasteiger partial charge in [-0.15, -0.1) is 0 Å². The average molecular weight is 507 g/mol. The lowest BCUT2D eigenvalue weighted by Gasteiger charge is -2.15. The number of esters is 2. The molecule has 200 valence electrons. The standard InChI is InChI=1S/C22H34O13/c1-15(19(23)32-13-17-5-3-7-28-17)34-21(25)30-11-9-27-10-12-31-22(26)35-16(2)20(24)33-14-18-6-4-8-29-18/h15-18H,3-14H2,1-2H3. The summed E-state index contributed by atoms with van der Waals surface area (Å²) in [5.41, 5.74) is 0. The molecule has 35 heavy (non-hydrogen) atoms. The van der Waals surface area contributed by atoms with E-state index < -0.39 is 36.5 Å². The Labute approximate surface area is 203 Å². The molecule has 13 heteroatoms. The van der Waals surface area contributed by atoms with Crippen molar-refractivity contribution < 1.29 is 61.8 Å². The molecule has 2 fully saturated rings. The maximum absolute atomic E-state index is 11.8. The van der Waals surface area contributed by atoms with E-state index in [1.807, 2.05) is 0 Å². The minimum atomic E-state index is -1.13. The summed E-state index contributed by atoms with van der Waals surface area (Å²) in [5, 5.41) is 0. The molecular formula is C22H34O13. The predicted molar refractivity (Wildman–Crippen MR) is 114 cm³/mol. The fourth-order valence-corrected chi connectivity index (χ4v) is 3.06. The molecule has 0 radical (unpaired) electrons. The van der Waals surface area contributed by atoms with E-state index in [9.17, 15) is 19.2 Å². The summed E-state index contributed by atoms with van der Waals surface area (Å²) in [5.74, 6) is -1.38. The molecule has 0 aromatic carbocycles. The second kappa shape index (κ2) is 16.1. The Bertz CT molecular complexity index is 614. The van der Waals surface area contributed by atoms with Gasteiger partial charge < -0.3 is 42.6 Å². The van der Waals surface area contributed by atoms with E-state index in [1.54, 1.807) is 0 Å². The van der Waals surface area contributed by atoms with Crippen molar-refractivity contribution in [1.82, 2.24) is 0 Å². The third-order valence-corrected chi connectivity index (χ3v) is 4.98. The van der Waals surface area contributed by atoms with Crippen molar-refractivity contribution in [1.29, 1.82) is 0 Å². The first-order chi connectivity index (χ1) is 16.8. The summed E-state index contributed by atoms with van der Waals surface area (Å²) in [6, 6.07) is 0. The lowest BCUT2D eigenvalue weighted by atomic mass is 10.2. The van der Waals surface area contributed by atoms with Crippen LogP contribution in [0.15, 0.2) is 0 Å². The Kier molecular flexibility index (Phi) is 13.2. The molecule has 0 aromatic heterocycles. The Balaban J connectivity index is 1.42. The smallest absolute Gasteiger partial charge is 0.460 e. The van der Waals surface area contributed by atoms with Crippen molar-refractivity contribution in [2.75, 3.05) is 52.9 Å². The normalized spacial score (nSPS) is 21.0. The molecule has 0 N–H and O–H groups in total. The highest BCUT2D eigenvalue weighted by atomic mass is 16.7. The van der Waals surface area contributed by atoms with Crippen LogP contribution in [0, 0.1) is 0 Å². The van der Waals surface area contributed by atoms with Gasteiger partial charge in [0.05, 0.1) is 25.4 Å². The van der Waals surface area contributed by atoms with Crippen LogP contribution < -0.4 is 0 Å². The van der Waals surface area contributed by atoms with Crippen LogP contribution in [-0.2, 0) is 52.2 Å². The summed E-state index contributed by atoms with van der Waals surface area (Å²) in [7, 11) is 0. The van der Waals surface area contributed by atoms with Gasteiger partial charge in [0, 0.05) is 13.2 Å². The lowest BCUT2D eigenvalue weighted by molar-refractivity contribution is -0.157. The molecule has 0 aliphatic carbocycles. The summed E-state index contributed by atoms with van der Waals surface area (Å²) < 4.78 is 45.2. The van der Waals surface area contributed by atoms with Gasteiger partial charge in [0.15, 0.2) is 12.2 Å². The fourth-order valence-electron chi connectivity index (χ4n) is 3.06. The predicted octanol–water partition coefficient (Wildman–Crippen LogP) is 1.53. The van der Waals surface area contributed by atoms with Crippen molar-refractivity contribution in [2.24, 2.45) is 0 Å². The summed E-state index contributed by atoms with van der Waals surface area (Å²) in [6.07, 6.45) is -1.10. The van der Waals surface area contributed by atoms with Gasteiger partial charge in [0.1, 0.15) is 26.4 Å². The minimum absolute atomic E-state index is 0.00266. The number of ether oxygens (including phenoxy) is 9. The lowest BCUT2D eigenvalue weighted by Crippen LogP contribution is -2.30. The number of rotatable bonds is 14. The van der Waals surface area contributed by atoms with Gasteiger partial charge in [0.25, 0.3) is 0 Å². The van der Waals surface area contributed by atoms with Crippen molar-refractivity contribution in [3.05, 3.63) is 0 Å². The van der Waals surface area contributed by atoms with E-state index >= 15 is 0 Å². The Morgan fingerprint density at radius 2 is 1.11 bits per heavy atom. The van der Waals surface area contributed by atoms with Crippen LogP contribution in [0.2, 0.25) is 0 Å². The van der Waals surface area contributed by atoms with Crippen LogP contribution in [0.4, 0.5) is 9.59 Å². The summed E-state index contributed by atoms with van der Waals surface area (Å²) in [4.78, 5) is 46.8. The average Bonchev–Trinajstić information content (AvgIpc) is 3.54. The molecule has 0 spiro atoms. The van der Waals surface area contributed by atoms with Crippen molar-refractivity contribution in [3.8, 4) is 0 Å². The van der Waals surface area contributed by atoms with E-state index in [0.29, 0.717) is 13.2 Å². The van der Waals surface area contributed by atoms with Crippen molar-refractivity contribution in [2.45, 2.75) is 63.9 Å². The van der Waals surface area contributed by atoms with Crippen LogP contribution in [-0.4, -0.2) is 102 Å². The van der Waals surface area contributed by atoms with Gasteiger partial charge in [-0.3, -0.25) is 0 Å². The number of carbonyl (C=O) groups excluding carboxylic acids is 4. The summed E-state index contributed by atoms with van der Waals surface area (Å²) >= 11 is 0. The highest BCUT2D eigenvalue weighted by Crippen LogP contribution is 2.13. The largest absolute Gasteiger partial charge is 0.509 e. The van der Waals surface area contributed by atoms with Crippen molar-refractivity contribution in [3.63, 3.8) is 0 Å². The third-order valence-electron chi connectivity index (χ3n) is 4.98. The number of hydrogen-bond acceptors (Lipinski definition) is 13. The van der Waals surface area contributed by atoms with E-state index in [-0.39, 0.29) is 51.8 Å². The maximum Gasteiger partial charge on any atom is 0.509 e. The highest BCUT2D eigenvalue weighted by molar-refractivity contribution is 5.77. The Morgan fingerprint density at radius 1 is 0.686 bits per heavy atom. The molecule has 2 heterocycles. The monoisotopic (exact) mass is 506 g/mol. The zero-order chi connectivity index (χ0) is 25.5. The first-order valence-corrected chi connectivity index (χ1v) is 11.7. The summed E-state index contributed by atoms with van der Waals surface area (Å²) in [6.45, 7) is 3.97. The molecule has 0 bridgehead atoms. The quantitative estimate of drug-likeness (QED) is 0.190. The molecule has 4 unspecified atom stereocenters. The van der Waals surface area contributed by atoms with Crippen LogP contribution in [0.5, 0.6) is 0 Å².